The number of amides is 2. The van der Waals surface area contributed by atoms with Crippen molar-refractivity contribution in [1.29, 1.82) is 0 Å². The minimum absolute atomic E-state index is 0.0456. The van der Waals surface area contributed by atoms with E-state index in [2.05, 4.69) is 37.7 Å². The summed E-state index contributed by atoms with van der Waals surface area (Å²) in [6.07, 6.45) is 1.64. The van der Waals surface area contributed by atoms with Gasteiger partial charge in [0.2, 0.25) is 0 Å². The molecule has 1 aliphatic rings. The largest absolute Gasteiger partial charge is 0.484 e. The van der Waals surface area contributed by atoms with Crippen LogP contribution in [0.1, 0.15) is 61.4 Å². The maximum atomic E-state index is 14.1. The first-order valence-corrected chi connectivity index (χ1v) is 14.8. The van der Waals surface area contributed by atoms with E-state index in [1.54, 1.807) is 4.68 Å². The molecule has 0 bridgehead atoms. The molecule has 0 saturated heterocycles. The first-order chi connectivity index (χ1) is 19.6. The average Bonchev–Trinajstić information content (AvgIpc) is 3.28. The smallest absolute Gasteiger partial charge is 0.272 e. The zero-order valence-corrected chi connectivity index (χ0v) is 25.5. The van der Waals surface area contributed by atoms with E-state index in [1.807, 2.05) is 78.4 Å². The van der Waals surface area contributed by atoms with Gasteiger partial charge in [-0.1, -0.05) is 50.2 Å². The molecule has 4 rings (SSSR count). The van der Waals surface area contributed by atoms with Gasteiger partial charge in [-0.15, -0.1) is 0 Å². The van der Waals surface area contributed by atoms with E-state index in [1.165, 1.54) is 0 Å². The Bertz CT molecular complexity index is 1320. The van der Waals surface area contributed by atoms with Gasteiger partial charge in [0.05, 0.1) is 11.4 Å². The van der Waals surface area contributed by atoms with Gasteiger partial charge in [0.1, 0.15) is 11.4 Å². The third-order valence-corrected chi connectivity index (χ3v) is 7.63. The number of hydrogen-bond donors (Lipinski definition) is 0. The third-order valence-electron chi connectivity index (χ3n) is 7.63. The predicted octanol–water partition coefficient (Wildman–Crippen LogP) is 5.10. The van der Waals surface area contributed by atoms with Gasteiger partial charge >= 0.3 is 0 Å². The first kappa shape index (κ1) is 30.3. The number of ether oxygens (including phenoxy) is 1. The van der Waals surface area contributed by atoms with E-state index in [9.17, 15) is 9.59 Å². The van der Waals surface area contributed by atoms with Crippen LogP contribution in [-0.4, -0.2) is 70.2 Å². The van der Waals surface area contributed by atoms with Crippen molar-refractivity contribution in [2.24, 2.45) is 13.0 Å². The second-order valence-corrected chi connectivity index (χ2v) is 11.7. The molecule has 0 N–H and O–H groups in total. The van der Waals surface area contributed by atoms with E-state index < -0.39 is 0 Å². The van der Waals surface area contributed by atoms with Crippen LogP contribution in [0.15, 0.2) is 54.6 Å². The number of para-hydroxylation sites is 2. The third kappa shape index (κ3) is 7.76. The molecule has 0 spiro atoms. The Hall–Kier alpha value is -3.65. The number of anilines is 1. The van der Waals surface area contributed by atoms with Gasteiger partial charge in [-0.2, -0.15) is 5.10 Å². The van der Waals surface area contributed by atoms with Crippen molar-refractivity contribution < 1.29 is 14.3 Å². The van der Waals surface area contributed by atoms with Crippen molar-refractivity contribution in [1.82, 2.24) is 19.6 Å². The molecule has 8 nitrogen and oxygen atoms in total. The van der Waals surface area contributed by atoms with Crippen LogP contribution >= 0.6 is 0 Å². The Labute approximate surface area is 244 Å². The first-order valence-electron chi connectivity index (χ1n) is 14.8. The lowest BCUT2D eigenvalue weighted by Gasteiger charge is -2.30. The molecular formula is C33H45N5O3. The van der Waals surface area contributed by atoms with Crippen LogP contribution in [-0.2, 0) is 24.8 Å². The summed E-state index contributed by atoms with van der Waals surface area (Å²) in [6, 6.07) is 17.7. The van der Waals surface area contributed by atoms with Crippen LogP contribution in [0.25, 0.3) is 0 Å². The second-order valence-electron chi connectivity index (χ2n) is 11.7. The molecule has 3 aromatic rings. The van der Waals surface area contributed by atoms with Gasteiger partial charge < -0.3 is 14.5 Å². The Morgan fingerprint density at radius 2 is 1.71 bits per heavy atom. The number of carbonyl (C=O) groups excluding carboxylic acids is 2. The highest BCUT2D eigenvalue weighted by Crippen LogP contribution is 2.29. The van der Waals surface area contributed by atoms with Crippen LogP contribution in [0, 0.1) is 12.8 Å². The van der Waals surface area contributed by atoms with Gasteiger partial charge in [-0.05, 0) is 68.9 Å². The van der Waals surface area contributed by atoms with Gasteiger partial charge in [0, 0.05) is 45.8 Å². The number of nitrogens with zero attached hydrogens (tertiary/aromatic N) is 5. The molecule has 0 fully saturated rings. The Morgan fingerprint density at radius 1 is 0.951 bits per heavy atom. The van der Waals surface area contributed by atoms with Crippen molar-refractivity contribution >= 4 is 17.5 Å². The number of rotatable bonds is 7. The molecule has 0 aliphatic carbocycles. The number of aryl methyl sites for hydroxylation is 2. The average molecular weight is 560 g/mol. The molecule has 8 heteroatoms. The highest BCUT2D eigenvalue weighted by Gasteiger charge is 2.27. The molecule has 1 aromatic heterocycles. The number of hydrogen-bond acceptors (Lipinski definition) is 5. The Morgan fingerprint density at radius 3 is 2.41 bits per heavy atom. The quantitative estimate of drug-likeness (QED) is 0.403. The summed E-state index contributed by atoms with van der Waals surface area (Å²) in [6.45, 7) is 13.8. The standard InChI is InChI=1S/C33H45N5O3/c1-24(2)20-28-21-30(35(6)34-28)33(40)37-19-18-36(25(3)4)16-11-17-38(32-26(5)12-10-13-27(32)22-37)31(39)23-41-29-14-8-7-9-15-29/h7-10,12-15,21,24-25H,11,16-20,22-23H2,1-6H3. The van der Waals surface area contributed by atoms with E-state index in [0.29, 0.717) is 43.0 Å². The van der Waals surface area contributed by atoms with Crippen LogP contribution in [0.5, 0.6) is 5.75 Å². The maximum absolute atomic E-state index is 14.1. The second kappa shape index (κ2) is 13.8. The van der Waals surface area contributed by atoms with Gasteiger partial charge in [-0.3, -0.25) is 19.2 Å². The van der Waals surface area contributed by atoms with Crippen molar-refractivity contribution in [2.45, 2.75) is 60.0 Å². The monoisotopic (exact) mass is 559 g/mol. The molecule has 2 amide bonds. The minimum atomic E-state index is -0.0948. The lowest BCUT2D eigenvalue weighted by molar-refractivity contribution is -0.120. The molecule has 0 unspecified atom stereocenters. The normalized spacial score (nSPS) is 15.1. The van der Waals surface area contributed by atoms with Gasteiger partial charge in [0.15, 0.2) is 6.61 Å². The number of carbonyl (C=O) groups is 2. The lowest BCUT2D eigenvalue weighted by atomic mass is 10.0. The summed E-state index contributed by atoms with van der Waals surface area (Å²) in [7, 11) is 1.84. The number of fused-ring (bicyclic) bond motifs is 1. The summed E-state index contributed by atoms with van der Waals surface area (Å²) in [5.74, 6) is 0.979. The number of benzene rings is 2. The minimum Gasteiger partial charge on any atom is -0.484 e. The van der Waals surface area contributed by atoms with Crippen molar-refractivity contribution in [3.63, 3.8) is 0 Å². The fourth-order valence-electron chi connectivity index (χ4n) is 5.51. The van der Waals surface area contributed by atoms with Crippen molar-refractivity contribution in [2.75, 3.05) is 37.7 Å². The van der Waals surface area contributed by atoms with Crippen LogP contribution in [0.4, 0.5) is 5.69 Å². The van der Waals surface area contributed by atoms with Gasteiger partial charge in [0.25, 0.3) is 11.8 Å². The predicted molar refractivity (Wildman–Crippen MR) is 163 cm³/mol. The highest BCUT2D eigenvalue weighted by atomic mass is 16.5. The molecule has 0 radical (unpaired) electrons. The summed E-state index contributed by atoms with van der Waals surface area (Å²) in [5.41, 5.74) is 4.34. The summed E-state index contributed by atoms with van der Waals surface area (Å²) < 4.78 is 7.58. The van der Waals surface area contributed by atoms with Gasteiger partial charge in [-0.25, -0.2) is 0 Å². The molecule has 2 aromatic carbocycles. The zero-order chi connectivity index (χ0) is 29.5. The van der Waals surface area contributed by atoms with Crippen LogP contribution in [0.3, 0.4) is 0 Å². The molecule has 1 aliphatic heterocycles. The van der Waals surface area contributed by atoms with E-state index in [-0.39, 0.29) is 18.4 Å². The molecule has 0 saturated carbocycles. The fraction of sp³-hybridized carbons (Fsp3) is 0.485. The molecule has 0 atom stereocenters. The number of aromatic nitrogens is 2. The molecular weight excluding hydrogens is 514 g/mol. The maximum Gasteiger partial charge on any atom is 0.272 e. The topological polar surface area (TPSA) is 70.9 Å². The SMILES string of the molecule is Cc1cccc2c1N(C(=O)COc1ccccc1)CCCN(C(C)C)CCN(C(=O)c1cc(CC(C)C)nn1C)C2. The van der Waals surface area contributed by atoms with Crippen LogP contribution in [0.2, 0.25) is 0 Å². The summed E-state index contributed by atoms with van der Waals surface area (Å²) in [4.78, 5) is 33.9. The Kier molecular flexibility index (Phi) is 10.2. The van der Waals surface area contributed by atoms with E-state index in [4.69, 9.17) is 4.74 Å². The summed E-state index contributed by atoms with van der Waals surface area (Å²) in [5, 5.41) is 4.63. The zero-order valence-electron chi connectivity index (χ0n) is 25.5. The molecule has 220 valence electrons. The molecule has 2 heterocycles. The fourth-order valence-corrected chi connectivity index (χ4v) is 5.51. The van der Waals surface area contributed by atoms with E-state index >= 15 is 0 Å². The van der Waals surface area contributed by atoms with E-state index in [0.717, 1.165) is 48.4 Å². The summed E-state index contributed by atoms with van der Waals surface area (Å²) >= 11 is 0. The Balaban J connectivity index is 1.68. The molecule has 41 heavy (non-hydrogen) atoms. The van der Waals surface area contributed by atoms with Crippen molar-refractivity contribution in [3.8, 4) is 5.75 Å². The lowest BCUT2D eigenvalue weighted by Crippen LogP contribution is -2.42. The van der Waals surface area contributed by atoms with Crippen molar-refractivity contribution in [3.05, 3.63) is 77.1 Å². The van der Waals surface area contributed by atoms with Crippen LogP contribution < -0.4 is 9.64 Å². The highest BCUT2D eigenvalue weighted by molar-refractivity contribution is 5.96.